The normalized spacial score (nSPS) is 20.9. The van der Waals surface area contributed by atoms with Crippen LogP contribution in [0.5, 0.6) is 0 Å². The maximum atomic E-state index is 12.0. The van der Waals surface area contributed by atoms with Crippen molar-refractivity contribution < 1.29 is 24.6 Å². The van der Waals surface area contributed by atoms with Gasteiger partial charge in [0, 0.05) is 0 Å². The van der Waals surface area contributed by atoms with E-state index in [1.54, 1.807) is 18.2 Å². The van der Waals surface area contributed by atoms with Crippen LogP contribution in [0.3, 0.4) is 0 Å². The van der Waals surface area contributed by atoms with Gasteiger partial charge in [0.25, 0.3) is 0 Å². The standard InChI is InChI=1S/C13H18N2O5/c14-9(6-11(16)17)12(18)8-3-1-2-7(4-8)5-10(15)13(19)20/h1,3-4,8-10H,2,5-6,14-15H2,(H,16,17)(H,19,20)/t8?,9-,10-/m0/s1. The second-order valence-electron chi connectivity index (χ2n) is 4.74. The molecule has 1 rings (SSSR count). The van der Waals surface area contributed by atoms with Crippen LogP contribution >= 0.6 is 0 Å². The molecule has 1 aliphatic carbocycles. The van der Waals surface area contributed by atoms with Crippen LogP contribution in [0.25, 0.3) is 0 Å². The first-order chi connectivity index (χ1) is 9.31. The number of carboxylic acid groups (broad SMARTS) is 2. The van der Waals surface area contributed by atoms with Gasteiger partial charge in [0.05, 0.1) is 18.4 Å². The lowest BCUT2D eigenvalue weighted by atomic mass is 9.88. The number of carboxylic acids is 2. The van der Waals surface area contributed by atoms with Crippen molar-refractivity contribution in [3.05, 3.63) is 23.8 Å². The van der Waals surface area contributed by atoms with Crippen molar-refractivity contribution in [2.45, 2.75) is 31.3 Å². The molecular formula is C13H18N2O5. The fourth-order valence-corrected chi connectivity index (χ4v) is 1.98. The van der Waals surface area contributed by atoms with Gasteiger partial charge in [-0.2, -0.15) is 0 Å². The van der Waals surface area contributed by atoms with E-state index in [0.29, 0.717) is 6.42 Å². The van der Waals surface area contributed by atoms with Gasteiger partial charge in [-0.15, -0.1) is 0 Å². The van der Waals surface area contributed by atoms with Gasteiger partial charge in [-0.3, -0.25) is 14.4 Å². The quantitative estimate of drug-likeness (QED) is 0.467. The van der Waals surface area contributed by atoms with E-state index in [-0.39, 0.29) is 6.42 Å². The Morgan fingerprint density at radius 3 is 2.45 bits per heavy atom. The Morgan fingerprint density at radius 2 is 1.90 bits per heavy atom. The Balaban J connectivity index is 2.71. The number of hydrogen-bond donors (Lipinski definition) is 4. The molecule has 1 unspecified atom stereocenters. The third-order valence-electron chi connectivity index (χ3n) is 3.03. The number of rotatable bonds is 7. The van der Waals surface area contributed by atoms with Crippen molar-refractivity contribution in [1.82, 2.24) is 0 Å². The smallest absolute Gasteiger partial charge is 0.320 e. The van der Waals surface area contributed by atoms with Gasteiger partial charge >= 0.3 is 11.9 Å². The van der Waals surface area contributed by atoms with Crippen LogP contribution in [-0.4, -0.2) is 40.0 Å². The molecule has 0 bridgehead atoms. The van der Waals surface area contributed by atoms with Crippen molar-refractivity contribution in [3.8, 4) is 0 Å². The van der Waals surface area contributed by atoms with E-state index in [2.05, 4.69) is 0 Å². The number of Topliss-reactive ketones (excluding diaryl/α,β-unsaturated/α-hetero) is 1. The maximum absolute atomic E-state index is 12.0. The average Bonchev–Trinajstić information content (AvgIpc) is 2.37. The van der Waals surface area contributed by atoms with Gasteiger partial charge in [0.2, 0.25) is 0 Å². The Morgan fingerprint density at radius 1 is 1.25 bits per heavy atom. The van der Waals surface area contributed by atoms with E-state index in [0.717, 1.165) is 5.57 Å². The Bertz CT molecular complexity index is 469. The van der Waals surface area contributed by atoms with Gasteiger partial charge < -0.3 is 21.7 Å². The molecule has 6 N–H and O–H groups in total. The fourth-order valence-electron chi connectivity index (χ4n) is 1.98. The van der Waals surface area contributed by atoms with Crippen LogP contribution in [-0.2, 0) is 14.4 Å². The summed E-state index contributed by atoms with van der Waals surface area (Å²) in [6.45, 7) is 0. The third kappa shape index (κ3) is 4.60. The minimum absolute atomic E-state index is 0.150. The summed E-state index contributed by atoms with van der Waals surface area (Å²) in [5.41, 5.74) is 11.7. The fraction of sp³-hybridized carbons (Fsp3) is 0.462. The molecule has 0 heterocycles. The zero-order chi connectivity index (χ0) is 15.3. The summed E-state index contributed by atoms with van der Waals surface area (Å²) in [7, 11) is 0. The van der Waals surface area contributed by atoms with Crippen LogP contribution in [0, 0.1) is 5.92 Å². The maximum Gasteiger partial charge on any atom is 0.320 e. The summed E-state index contributed by atoms with van der Waals surface area (Å²) in [5, 5.41) is 17.4. The number of hydrogen-bond acceptors (Lipinski definition) is 5. The van der Waals surface area contributed by atoms with Gasteiger partial charge in [0.1, 0.15) is 6.04 Å². The van der Waals surface area contributed by atoms with E-state index in [9.17, 15) is 14.4 Å². The van der Waals surface area contributed by atoms with Crippen LogP contribution < -0.4 is 11.5 Å². The predicted octanol–water partition coefficient (Wildman–Crippen LogP) is -0.338. The molecule has 110 valence electrons. The molecule has 3 atom stereocenters. The van der Waals surface area contributed by atoms with E-state index < -0.39 is 42.1 Å². The van der Waals surface area contributed by atoms with Crippen molar-refractivity contribution in [2.24, 2.45) is 17.4 Å². The third-order valence-corrected chi connectivity index (χ3v) is 3.03. The summed E-state index contributed by atoms with van der Waals surface area (Å²) in [4.78, 5) is 33.2. The van der Waals surface area contributed by atoms with E-state index in [1.807, 2.05) is 0 Å². The van der Waals surface area contributed by atoms with E-state index in [4.69, 9.17) is 21.7 Å². The first-order valence-corrected chi connectivity index (χ1v) is 6.17. The zero-order valence-corrected chi connectivity index (χ0v) is 10.9. The Kier molecular flexibility index (Phi) is 5.60. The summed E-state index contributed by atoms with van der Waals surface area (Å²) >= 11 is 0. The number of allylic oxidation sites excluding steroid dienone is 3. The summed E-state index contributed by atoms with van der Waals surface area (Å²) in [5.74, 6) is -3.26. The van der Waals surface area contributed by atoms with Crippen molar-refractivity contribution in [1.29, 1.82) is 0 Å². The van der Waals surface area contributed by atoms with Crippen LogP contribution in [0.4, 0.5) is 0 Å². The van der Waals surface area contributed by atoms with Crippen LogP contribution in [0.15, 0.2) is 23.8 Å². The first kappa shape index (κ1) is 16.1. The minimum Gasteiger partial charge on any atom is -0.481 e. The molecule has 0 fully saturated rings. The molecule has 0 saturated carbocycles. The van der Waals surface area contributed by atoms with Gasteiger partial charge in [0.15, 0.2) is 5.78 Å². The molecule has 20 heavy (non-hydrogen) atoms. The average molecular weight is 282 g/mol. The molecule has 0 aromatic rings. The largest absolute Gasteiger partial charge is 0.481 e. The second-order valence-corrected chi connectivity index (χ2v) is 4.74. The molecule has 0 spiro atoms. The number of carbonyl (C=O) groups is 3. The summed E-state index contributed by atoms with van der Waals surface area (Å²) in [6.07, 6.45) is 5.24. The molecule has 0 aliphatic heterocycles. The van der Waals surface area contributed by atoms with Gasteiger partial charge in [-0.05, 0) is 12.8 Å². The number of aliphatic carboxylic acids is 2. The molecule has 0 amide bonds. The highest BCUT2D eigenvalue weighted by Crippen LogP contribution is 2.21. The molecule has 7 heteroatoms. The van der Waals surface area contributed by atoms with Crippen LogP contribution in [0.2, 0.25) is 0 Å². The number of nitrogens with two attached hydrogens (primary N) is 2. The van der Waals surface area contributed by atoms with Crippen molar-refractivity contribution >= 4 is 17.7 Å². The second kappa shape index (κ2) is 6.97. The van der Waals surface area contributed by atoms with Gasteiger partial charge in [-0.25, -0.2) is 0 Å². The highest BCUT2D eigenvalue weighted by Gasteiger charge is 2.25. The molecule has 0 saturated heterocycles. The predicted molar refractivity (Wildman–Crippen MR) is 70.8 cm³/mol. The molecule has 7 nitrogen and oxygen atoms in total. The lowest BCUT2D eigenvalue weighted by Gasteiger charge is -2.19. The monoisotopic (exact) mass is 282 g/mol. The lowest BCUT2D eigenvalue weighted by Crippen LogP contribution is -2.37. The minimum atomic E-state index is -1.14. The highest BCUT2D eigenvalue weighted by atomic mass is 16.4. The van der Waals surface area contributed by atoms with Crippen molar-refractivity contribution in [2.75, 3.05) is 0 Å². The zero-order valence-electron chi connectivity index (χ0n) is 10.9. The van der Waals surface area contributed by atoms with Crippen LogP contribution in [0.1, 0.15) is 19.3 Å². The summed E-state index contributed by atoms with van der Waals surface area (Å²) < 4.78 is 0. The molecule has 0 aromatic heterocycles. The highest BCUT2D eigenvalue weighted by molar-refractivity contribution is 5.92. The topological polar surface area (TPSA) is 144 Å². The Hall–Kier alpha value is -1.99. The van der Waals surface area contributed by atoms with Gasteiger partial charge in [-0.1, -0.05) is 23.8 Å². The van der Waals surface area contributed by atoms with Crippen molar-refractivity contribution in [3.63, 3.8) is 0 Å². The lowest BCUT2D eigenvalue weighted by molar-refractivity contribution is -0.139. The number of ketones is 1. The first-order valence-electron chi connectivity index (χ1n) is 6.17. The molecular weight excluding hydrogens is 264 g/mol. The molecule has 0 radical (unpaired) electrons. The van der Waals surface area contributed by atoms with E-state index in [1.165, 1.54) is 0 Å². The number of carbonyl (C=O) groups excluding carboxylic acids is 1. The molecule has 1 aliphatic rings. The van der Waals surface area contributed by atoms with E-state index >= 15 is 0 Å². The SMILES string of the molecule is N[C@@H](CC1=CC(C(=O)[C@@H](N)CC(=O)O)C=CC1)C(=O)O. The summed E-state index contributed by atoms with van der Waals surface area (Å²) in [6, 6.07) is -2.10. The molecule has 0 aromatic carbocycles. The Labute approximate surface area is 115 Å².